The molecular weight excluding hydrogens is 366 g/mol. The van der Waals surface area contributed by atoms with Crippen molar-refractivity contribution < 1.29 is 19.4 Å². The number of carbonyl (C=O) groups is 2. The van der Waals surface area contributed by atoms with Gasteiger partial charge >= 0.3 is 5.97 Å². The van der Waals surface area contributed by atoms with Crippen LogP contribution in [0.3, 0.4) is 0 Å². The highest BCUT2D eigenvalue weighted by Gasteiger charge is 2.54. The molecule has 1 heterocycles. The molecule has 1 spiro atoms. The van der Waals surface area contributed by atoms with Gasteiger partial charge in [0.25, 0.3) is 5.91 Å². The maximum atomic E-state index is 13.5. The van der Waals surface area contributed by atoms with Crippen molar-refractivity contribution in [3.05, 3.63) is 48.0 Å². The van der Waals surface area contributed by atoms with Gasteiger partial charge in [-0.25, -0.2) is 4.79 Å². The Morgan fingerprint density at radius 3 is 2.34 bits per heavy atom. The van der Waals surface area contributed by atoms with E-state index in [1.807, 2.05) is 36.4 Å². The average molecular weight is 395 g/mol. The lowest BCUT2D eigenvalue weighted by atomic mass is 9.70. The molecule has 2 aromatic carbocycles. The summed E-state index contributed by atoms with van der Waals surface area (Å²) in [6.07, 6.45) is 3.21. The Bertz CT molecular complexity index is 937. The van der Waals surface area contributed by atoms with Gasteiger partial charge in [-0.1, -0.05) is 51.1 Å². The van der Waals surface area contributed by atoms with Gasteiger partial charge in [0.05, 0.1) is 6.61 Å². The third kappa shape index (κ3) is 3.52. The topological polar surface area (TPSA) is 66.8 Å². The van der Waals surface area contributed by atoms with E-state index in [2.05, 4.69) is 20.8 Å². The number of aliphatic carboxylic acids is 1. The first-order chi connectivity index (χ1) is 13.7. The zero-order valence-electron chi connectivity index (χ0n) is 17.4. The molecule has 0 bridgehead atoms. The second-order valence-electron chi connectivity index (χ2n) is 9.49. The second kappa shape index (κ2) is 7.13. The van der Waals surface area contributed by atoms with E-state index < -0.39 is 17.7 Å². The minimum absolute atomic E-state index is 0.0504. The van der Waals surface area contributed by atoms with Crippen LogP contribution in [-0.4, -0.2) is 40.3 Å². The van der Waals surface area contributed by atoms with E-state index >= 15 is 0 Å². The van der Waals surface area contributed by atoms with E-state index in [4.69, 9.17) is 4.74 Å². The smallest absolute Gasteiger partial charge is 0.328 e. The van der Waals surface area contributed by atoms with Crippen molar-refractivity contribution in [2.75, 3.05) is 6.61 Å². The van der Waals surface area contributed by atoms with Crippen LogP contribution in [0.4, 0.5) is 0 Å². The van der Waals surface area contributed by atoms with E-state index in [1.54, 1.807) is 6.07 Å². The molecule has 154 valence electrons. The maximum absolute atomic E-state index is 13.5. The molecule has 29 heavy (non-hydrogen) atoms. The third-order valence-electron chi connectivity index (χ3n) is 6.75. The lowest BCUT2D eigenvalue weighted by Crippen LogP contribution is -2.55. The van der Waals surface area contributed by atoms with Gasteiger partial charge in [0, 0.05) is 5.56 Å². The first-order valence-corrected chi connectivity index (χ1v) is 10.4. The number of ether oxygens (including phenoxy) is 1. The van der Waals surface area contributed by atoms with Crippen molar-refractivity contribution in [3.63, 3.8) is 0 Å². The molecule has 2 aliphatic rings. The lowest BCUT2D eigenvalue weighted by molar-refractivity contribution is -0.144. The fourth-order valence-corrected chi connectivity index (χ4v) is 4.95. The van der Waals surface area contributed by atoms with Gasteiger partial charge < -0.3 is 9.84 Å². The fraction of sp³-hybridized carbons (Fsp3) is 0.500. The number of hydrogen-bond acceptors (Lipinski definition) is 3. The number of hydrogen-bond donors (Lipinski definition) is 1. The molecule has 5 nitrogen and oxygen atoms in total. The van der Waals surface area contributed by atoms with Crippen molar-refractivity contribution >= 4 is 22.6 Å². The summed E-state index contributed by atoms with van der Waals surface area (Å²) in [5.41, 5.74) is -0.106. The lowest BCUT2D eigenvalue weighted by Gasteiger charge is -2.46. The first-order valence-electron chi connectivity index (χ1n) is 10.4. The summed E-state index contributed by atoms with van der Waals surface area (Å²) in [5, 5.41) is 11.8. The summed E-state index contributed by atoms with van der Waals surface area (Å²) >= 11 is 0. The summed E-state index contributed by atoms with van der Waals surface area (Å²) in [6, 6.07) is 12.5. The molecular formula is C24H29NO4. The Hall–Kier alpha value is -2.40. The average Bonchev–Trinajstić information content (AvgIpc) is 3.05. The number of carboxylic acid groups (broad SMARTS) is 1. The number of carbonyl (C=O) groups excluding carboxylic acids is 1. The summed E-state index contributed by atoms with van der Waals surface area (Å²) in [6.45, 7) is 6.77. The van der Waals surface area contributed by atoms with E-state index in [9.17, 15) is 14.7 Å². The highest BCUT2D eigenvalue weighted by atomic mass is 16.5. The molecule has 2 aromatic rings. The molecule has 2 fully saturated rings. The number of carboxylic acids is 1. The van der Waals surface area contributed by atoms with Crippen molar-refractivity contribution in [3.8, 4) is 0 Å². The molecule has 4 rings (SSSR count). The van der Waals surface area contributed by atoms with Crippen LogP contribution in [0.1, 0.15) is 56.8 Å². The van der Waals surface area contributed by atoms with Crippen molar-refractivity contribution in [2.45, 2.75) is 58.2 Å². The molecule has 5 heteroatoms. The summed E-state index contributed by atoms with van der Waals surface area (Å²) in [5.74, 6) is -0.720. The zero-order chi connectivity index (χ0) is 20.8. The van der Waals surface area contributed by atoms with Gasteiger partial charge in [-0.05, 0) is 59.9 Å². The molecule has 1 aliphatic heterocycles. The van der Waals surface area contributed by atoms with Gasteiger partial charge in [0.15, 0.2) is 6.04 Å². The number of amides is 1. The fourth-order valence-electron chi connectivity index (χ4n) is 4.95. The summed E-state index contributed by atoms with van der Waals surface area (Å²) in [4.78, 5) is 27.0. The predicted molar refractivity (Wildman–Crippen MR) is 112 cm³/mol. The van der Waals surface area contributed by atoms with Crippen LogP contribution in [-0.2, 0) is 9.53 Å². The van der Waals surface area contributed by atoms with E-state index in [1.165, 1.54) is 4.90 Å². The van der Waals surface area contributed by atoms with Crippen LogP contribution in [0.2, 0.25) is 0 Å². The van der Waals surface area contributed by atoms with Gasteiger partial charge in [0.1, 0.15) is 5.72 Å². The normalized spacial score (nSPS) is 27.5. The van der Waals surface area contributed by atoms with Crippen molar-refractivity contribution in [2.24, 2.45) is 11.3 Å². The molecule has 1 N–H and O–H groups in total. The molecule has 1 aliphatic carbocycles. The van der Waals surface area contributed by atoms with Crippen LogP contribution in [0, 0.1) is 11.3 Å². The van der Waals surface area contributed by atoms with Gasteiger partial charge in [-0.2, -0.15) is 0 Å². The van der Waals surface area contributed by atoms with Gasteiger partial charge in [0.2, 0.25) is 0 Å². The van der Waals surface area contributed by atoms with Crippen LogP contribution in [0.25, 0.3) is 10.8 Å². The maximum Gasteiger partial charge on any atom is 0.328 e. The quantitative estimate of drug-likeness (QED) is 0.800. The van der Waals surface area contributed by atoms with E-state index in [-0.39, 0.29) is 17.9 Å². The summed E-state index contributed by atoms with van der Waals surface area (Å²) in [7, 11) is 0. The Balaban J connectivity index is 1.67. The molecule has 1 saturated heterocycles. The molecule has 0 aromatic heterocycles. The number of fused-ring (bicyclic) bond motifs is 1. The van der Waals surface area contributed by atoms with Gasteiger partial charge in [-0.15, -0.1) is 0 Å². The predicted octanol–water partition coefficient (Wildman–Crippen LogP) is 4.70. The highest BCUT2D eigenvalue weighted by molar-refractivity contribution is 6.00. The SMILES string of the molecule is CC(C)(C)C1CCC2(CC1)OC[C@H](C(=O)O)N2C(=O)c1ccc2ccccc2c1. The zero-order valence-corrected chi connectivity index (χ0v) is 17.4. The molecule has 1 saturated carbocycles. The van der Waals surface area contributed by atoms with Crippen molar-refractivity contribution in [1.29, 1.82) is 0 Å². The van der Waals surface area contributed by atoms with Gasteiger partial charge in [-0.3, -0.25) is 9.69 Å². The standard InChI is InChI=1S/C24H29NO4/c1-23(2,3)19-10-12-24(13-11-19)25(20(15-29-24)22(27)28)21(26)18-9-8-16-6-4-5-7-17(16)14-18/h4-9,14,19-20H,10-13,15H2,1-3H3,(H,27,28)/t19?,20-,24?/m1/s1. The second-order valence-corrected chi connectivity index (χ2v) is 9.49. The molecule has 1 amide bonds. The minimum atomic E-state index is -1.01. The van der Waals surface area contributed by atoms with E-state index in [0.29, 0.717) is 24.3 Å². The molecule has 0 radical (unpaired) electrons. The molecule has 0 unspecified atom stereocenters. The van der Waals surface area contributed by atoms with Crippen LogP contribution >= 0.6 is 0 Å². The Labute approximate surface area is 171 Å². The Kier molecular flexibility index (Phi) is 4.89. The monoisotopic (exact) mass is 395 g/mol. The Morgan fingerprint density at radius 1 is 1.07 bits per heavy atom. The number of nitrogens with zero attached hydrogens (tertiary/aromatic N) is 1. The summed E-state index contributed by atoms with van der Waals surface area (Å²) < 4.78 is 6.08. The van der Waals surface area contributed by atoms with Crippen molar-refractivity contribution in [1.82, 2.24) is 4.90 Å². The highest BCUT2D eigenvalue weighted by Crippen LogP contribution is 2.47. The largest absolute Gasteiger partial charge is 0.480 e. The van der Waals surface area contributed by atoms with Crippen LogP contribution < -0.4 is 0 Å². The van der Waals surface area contributed by atoms with Crippen LogP contribution in [0.15, 0.2) is 42.5 Å². The Morgan fingerprint density at radius 2 is 1.72 bits per heavy atom. The third-order valence-corrected chi connectivity index (χ3v) is 6.75. The molecule has 1 atom stereocenters. The first kappa shape index (κ1) is 19.9. The van der Waals surface area contributed by atoms with Crippen LogP contribution in [0.5, 0.6) is 0 Å². The minimum Gasteiger partial charge on any atom is -0.480 e. The number of rotatable bonds is 2. The van der Waals surface area contributed by atoms with E-state index in [0.717, 1.165) is 23.6 Å². The number of benzene rings is 2.